The van der Waals surface area contributed by atoms with Crippen LogP contribution in [0.15, 0.2) is 0 Å². The molecule has 1 saturated heterocycles. The third-order valence-corrected chi connectivity index (χ3v) is 2.48. The number of amides is 1. The van der Waals surface area contributed by atoms with Gasteiger partial charge in [0.05, 0.1) is 0 Å². The number of rotatable bonds is 4. The lowest BCUT2D eigenvalue weighted by atomic mass is 10.1. The molecule has 0 bridgehead atoms. The van der Waals surface area contributed by atoms with Gasteiger partial charge in [0.2, 0.25) is 5.91 Å². The monoisotopic (exact) mass is 210 g/mol. The number of anilines is 1. The van der Waals surface area contributed by atoms with Crippen LogP contribution in [0, 0.1) is 0 Å². The van der Waals surface area contributed by atoms with Gasteiger partial charge >= 0.3 is 0 Å². The van der Waals surface area contributed by atoms with E-state index in [2.05, 4.69) is 31.3 Å². The fourth-order valence-electron chi connectivity index (χ4n) is 1.71. The molecule has 1 aromatic rings. The second-order valence-corrected chi connectivity index (χ2v) is 3.62. The third kappa shape index (κ3) is 2.98. The summed E-state index contributed by atoms with van der Waals surface area (Å²) in [6.45, 7) is 1.07. The molecular formula is C8H14N6O. The number of hydrogen-bond acceptors (Lipinski definition) is 5. The van der Waals surface area contributed by atoms with Crippen molar-refractivity contribution in [2.24, 2.45) is 0 Å². The molecule has 1 unspecified atom stereocenters. The van der Waals surface area contributed by atoms with Gasteiger partial charge in [-0.25, -0.2) is 0 Å². The fourth-order valence-corrected chi connectivity index (χ4v) is 1.71. The Labute approximate surface area is 87.0 Å². The summed E-state index contributed by atoms with van der Waals surface area (Å²) in [5, 5.41) is 18.8. The normalized spacial score (nSPS) is 20.4. The van der Waals surface area contributed by atoms with Crippen LogP contribution in [-0.4, -0.2) is 39.1 Å². The van der Waals surface area contributed by atoms with Gasteiger partial charge in [-0.3, -0.25) is 10.1 Å². The van der Waals surface area contributed by atoms with Gasteiger partial charge in [0.15, 0.2) is 0 Å². The molecule has 0 aromatic carbocycles. The van der Waals surface area contributed by atoms with E-state index in [9.17, 15) is 4.79 Å². The Morgan fingerprint density at radius 3 is 3.20 bits per heavy atom. The molecule has 0 spiro atoms. The molecule has 3 N–H and O–H groups in total. The van der Waals surface area contributed by atoms with Crippen molar-refractivity contribution in [3.63, 3.8) is 0 Å². The number of aromatic nitrogens is 4. The predicted molar refractivity (Wildman–Crippen MR) is 53.1 cm³/mol. The van der Waals surface area contributed by atoms with E-state index in [1.165, 1.54) is 6.42 Å². The summed E-state index contributed by atoms with van der Waals surface area (Å²) in [5.74, 6) is 0.171. The number of nitrogens with one attached hydrogen (secondary N) is 3. The minimum atomic E-state index is -0.0647. The second-order valence-electron chi connectivity index (χ2n) is 3.62. The number of nitrogens with zero attached hydrogens (tertiary/aromatic N) is 3. The van der Waals surface area contributed by atoms with E-state index >= 15 is 0 Å². The molecule has 7 heteroatoms. The predicted octanol–water partition coefficient (Wildman–Crippen LogP) is -0.330. The first-order valence-corrected chi connectivity index (χ1v) is 5.11. The fraction of sp³-hybridized carbons (Fsp3) is 0.750. The second kappa shape index (κ2) is 4.83. The van der Waals surface area contributed by atoms with Crippen molar-refractivity contribution in [2.75, 3.05) is 11.9 Å². The molecule has 7 nitrogen and oxygen atoms in total. The molecule has 1 aliphatic heterocycles. The van der Waals surface area contributed by atoms with Gasteiger partial charge in [-0.1, -0.05) is 5.10 Å². The van der Waals surface area contributed by atoms with Crippen molar-refractivity contribution >= 4 is 11.9 Å². The number of aromatic amines is 1. The van der Waals surface area contributed by atoms with Crippen LogP contribution in [0.4, 0.5) is 5.95 Å². The van der Waals surface area contributed by atoms with Gasteiger partial charge in [0.25, 0.3) is 5.95 Å². The van der Waals surface area contributed by atoms with Gasteiger partial charge < -0.3 is 5.32 Å². The van der Waals surface area contributed by atoms with E-state index in [0.29, 0.717) is 12.5 Å². The topological polar surface area (TPSA) is 95.6 Å². The molecule has 2 rings (SSSR count). The van der Waals surface area contributed by atoms with Crippen molar-refractivity contribution in [2.45, 2.75) is 31.7 Å². The van der Waals surface area contributed by atoms with E-state index in [4.69, 9.17) is 0 Å². The smallest absolute Gasteiger partial charge is 0.269 e. The lowest BCUT2D eigenvalue weighted by molar-refractivity contribution is -0.116. The Balaban J connectivity index is 1.68. The number of tetrazole rings is 1. The summed E-state index contributed by atoms with van der Waals surface area (Å²) < 4.78 is 0. The zero-order valence-electron chi connectivity index (χ0n) is 8.36. The van der Waals surface area contributed by atoms with Crippen molar-refractivity contribution in [3.05, 3.63) is 0 Å². The van der Waals surface area contributed by atoms with Crippen molar-refractivity contribution in [3.8, 4) is 0 Å². The first-order chi connectivity index (χ1) is 7.34. The molecule has 0 radical (unpaired) electrons. The average Bonchev–Trinajstić information content (AvgIpc) is 2.86. The largest absolute Gasteiger partial charge is 0.314 e. The lowest BCUT2D eigenvalue weighted by Crippen LogP contribution is -2.23. The van der Waals surface area contributed by atoms with E-state index in [0.717, 1.165) is 19.4 Å². The van der Waals surface area contributed by atoms with Crippen LogP contribution < -0.4 is 10.6 Å². The Kier molecular flexibility index (Phi) is 3.23. The highest BCUT2D eigenvalue weighted by Crippen LogP contribution is 2.10. The molecule has 0 aliphatic carbocycles. The van der Waals surface area contributed by atoms with E-state index in [1.807, 2.05) is 0 Å². The van der Waals surface area contributed by atoms with Gasteiger partial charge in [-0.2, -0.15) is 5.21 Å². The summed E-state index contributed by atoms with van der Waals surface area (Å²) in [7, 11) is 0. The molecule has 1 aliphatic rings. The maximum atomic E-state index is 11.4. The van der Waals surface area contributed by atoms with Gasteiger partial charge in [0, 0.05) is 12.5 Å². The van der Waals surface area contributed by atoms with Crippen molar-refractivity contribution < 1.29 is 4.79 Å². The molecule has 82 valence electrons. The highest BCUT2D eigenvalue weighted by atomic mass is 16.1. The molecule has 1 fully saturated rings. The summed E-state index contributed by atoms with van der Waals surface area (Å²) in [6, 6.07) is 0.487. The Morgan fingerprint density at radius 1 is 1.60 bits per heavy atom. The quantitative estimate of drug-likeness (QED) is 0.632. The van der Waals surface area contributed by atoms with Crippen LogP contribution in [0.2, 0.25) is 0 Å². The highest BCUT2D eigenvalue weighted by molar-refractivity contribution is 5.88. The summed E-state index contributed by atoms with van der Waals surface area (Å²) in [4.78, 5) is 11.4. The first-order valence-electron chi connectivity index (χ1n) is 5.11. The average molecular weight is 210 g/mol. The van der Waals surface area contributed by atoms with Crippen LogP contribution in [0.1, 0.15) is 25.7 Å². The molecule has 1 aromatic heterocycles. The SMILES string of the molecule is O=C(CCC1CCCN1)Nc1nn[nH]n1. The van der Waals surface area contributed by atoms with Gasteiger partial charge in [-0.15, -0.1) is 5.10 Å². The number of H-pyrrole nitrogens is 1. The number of carbonyl (C=O) groups excluding carboxylic acids is 1. The number of hydrogen-bond donors (Lipinski definition) is 3. The summed E-state index contributed by atoms with van der Waals surface area (Å²) in [5.41, 5.74) is 0. The van der Waals surface area contributed by atoms with Crippen LogP contribution in [0.3, 0.4) is 0 Å². The Morgan fingerprint density at radius 2 is 2.53 bits per heavy atom. The van der Waals surface area contributed by atoms with E-state index in [1.54, 1.807) is 0 Å². The van der Waals surface area contributed by atoms with Gasteiger partial charge in [-0.05, 0) is 31.0 Å². The minimum absolute atomic E-state index is 0.0647. The highest BCUT2D eigenvalue weighted by Gasteiger charge is 2.15. The van der Waals surface area contributed by atoms with Crippen molar-refractivity contribution in [1.29, 1.82) is 0 Å². The van der Waals surface area contributed by atoms with Gasteiger partial charge in [0.1, 0.15) is 0 Å². The minimum Gasteiger partial charge on any atom is -0.314 e. The summed E-state index contributed by atoms with van der Waals surface area (Å²) >= 11 is 0. The number of carbonyl (C=O) groups is 1. The van der Waals surface area contributed by atoms with Crippen LogP contribution >= 0.6 is 0 Å². The van der Waals surface area contributed by atoms with E-state index in [-0.39, 0.29) is 11.9 Å². The molecular weight excluding hydrogens is 196 g/mol. The first kappa shape index (κ1) is 10.0. The molecule has 1 amide bonds. The molecule has 0 saturated carbocycles. The van der Waals surface area contributed by atoms with Crippen molar-refractivity contribution in [1.82, 2.24) is 25.9 Å². The molecule has 15 heavy (non-hydrogen) atoms. The van der Waals surface area contributed by atoms with Crippen LogP contribution in [0.25, 0.3) is 0 Å². The Bertz CT molecular complexity index is 305. The Hall–Kier alpha value is -1.50. The lowest BCUT2D eigenvalue weighted by Gasteiger charge is -2.08. The maximum absolute atomic E-state index is 11.4. The molecule has 1 atom stereocenters. The third-order valence-electron chi connectivity index (χ3n) is 2.48. The molecule has 2 heterocycles. The maximum Gasteiger partial charge on any atom is 0.269 e. The zero-order valence-corrected chi connectivity index (χ0v) is 8.36. The standard InChI is InChI=1S/C8H14N6O/c15-7(10-8-11-13-14-12-8)4-3-6-2-1-5-9-6/h6,9H,1-5H2,(H2,10,11,12,13,14,15). The van der Waals surface area contributed by atoms with Crippen LogP contribution in [-0.2, 0) is 4.79 Å². The summed E-state index contributed by atoms with van der Waals surface area (Å²) in [6.07, 6.45) is 3.72. The van der Waals surface area contributed by atoms with E-state index < -0.39 is 0 Å². The van der Waals surface area contributed by atoms with Crippen LogP contribution in [0.5, 0.6) is 0 Å². The zero-order chi connectivity index (χ0) is 10.5.